The van der Waals surface area contributed by atoms with Crippen LogP contribution in [-0.2, 0) is 6.54 Å². The summed E-state index contributed by atoms with van der Waals surface area (Å²) in [6, 6.07) is 0.382. The first-order chi connectivity index (χ1) is 13.2. The maximum absolute atomic E-state index is 12.7. The fourth-order valence-corrected chi connectivity index (χ4v) is 5.28. The van der Waals surface area contributed by atoms with Gasteiger partial charge in [-0.1, -0.05) is 19.8 Å². The molecule has 8 heteroatoms. The van der Waals surface area contributed by atoms with Crippen molar-refractivity contribution in [3.05, 3.63) is 39.0 Å². The van der Waals surface area contributed by atoms with Crippen LogP contribution in [0.15, 0.2) is 22.6 Å². The van der Waals surface area contributed by atoms with Crippen molar-refractivity contribution in [1.82, 2.24) is 29.6 Å². The van der Waals surface area contributed by atoms with Gasteiger partial charge in [-0.15, -0.1) is 11.3 Å². The second-order valence-electron chi connectivity index (χ2n) is 7.92. The highest BCUT2D eigenvalue weighted by atomic mass is 32.1. The summed E-state index contributed by atoms with van der Waals surface area (Å²) in [6.45, 7) is 5.00. The van der Waals surface area contributed by atoms with Crippen molar-refractivity contribution in [2.24, 2.45) is 5.92 Å². The zero-order valence-corrected chi connectivity index (χ0v) is 16.3. The molecule has 1 saturated heterocycles. The number of rotatable bonds is 4. The molecule has 3 aromatic heterocycles. The van der Waals surface area contributed by atoms with E-state index in [1.807, 2.05) is 16.3 Å². The van der Waals surface area contributed by atoms with Gasteiger partial charge >= 0.3 is 0 Å². The third-order valence-electron chi connectivity index (χ3n) is 6.03. The molecule has 3 aromatic rings. The Bertz CT molecular complexity index is 987. The van der Waals surface area contributed by atoms with Crippen molar-refractivity contribution >= 4 is 22.4 Å². The van der Waals surface area contributed by atoms with Crippen LogP contribution < -0.4 is 5.56 Å². The van der Waals surface area contributed by atoms with Gasteiger partial charge in [0.1, 0.15) is 16.2 Å². The molecule has 142 valence electrons. The lowest BCUT2D eigenvalue weighted by atomic mass is 9.97. The minimum absolute atomic E-state index is 0.0650. The van der Waals surface area contributed by atoms with Crippen molar-refractivity contribution in [2.75, 3.05) is 13.1 Å². The Hall–Kier alpha value is -2.06. The van der Waals surface area contributed by atoms with Gasteiger partial charge in [0.15, 0.2) is 5.65 Å². The topological polar surface area (TPSA) is 79.7 Å². The fraction of sp³-hybridized carbons (Fsp3) is 0.579. The third-order valence-corrected chi connectivity index (χ3v) is 6.80. The average molecular weight is 385 g/mol. The highest BCUT2D eigenvalue weighted by Gasteiger charge is 2.33. The number of aromatic nitrogens is 5. The number of nitrogens with zero attached hydrogens (tertiary/aromatic N) is 5. The van der Waals surface area contributed by atoms with Crippen LogP contribution >= 0.6 is 11.3 Å². The van der Waals surface area contributed by atoms with Crippen molar-refractivity contribution in [1.29, 1.82) is 0 Å². The van der Waals surface area contributed by atoms with E-state index in [1.54, 1.807) is 17.5 Å². The number of aromatic amines is 1. The van der Waals surface area contributed by atoms with Gasteiger partial charge in [-0.05, 0) is 18.8 Å². The summed E-state index contributed by atoms with van der Waals surface area (Å²) >= 11 is 1.69. The molecule has 0 spiro atoms. The molecule has 1 aliphatic heterocycles. The molecule has 0 amide bonds. The smallest absolute Gasteiger partial charge is 0.262 e. The summed E-state index contributed by atoms with van der Waals surface area (Å²) in [4.78, 5) is 27.4. The van der Waals surface area contributed by atoms with E-state index in [0.29, 0.717) is 17.3 Å². The predicted molar refractivity (Wildman–Crippen MR) is 105 cm³/mol. The van der Waals surface area contributed by atoms with E-state index in [4.69, 9.17) is 4.98 Å². The molecule has 0 unspecified atom stereocenters. The minimum atomic E-state index is -0.0650. The van der Waals surface area contributed by atoms with Crippen molar-refractivity contribution in [2.45, 2.75) is 51.1 Å². The van der Waals surface area contributed by atoms with E-state index in [9.17, 15) is 4.79 Å². The molecule has 1 N–H and O–H groups in total. The van der Waals surface area contributed by atoms with Crippen LogP contribution in [0, 0.1) is 5.92 Å². The zero-order valence-electron chi connectivity index (χ0n) is 15.5. The maximum Gasteiger partial charge on any atom is 0.262 e. The van der Waals surface area contributed by atoms with E-state index in [-0.39, 0.29) is 11.5 Å². The summed E-state index contributed by atoms with van der Waals surface area (Å²) in [7, 11) is 0. The minimum Gasteiger partial charge on any atom is -0.310 e. The van der Waals surface area contributed by atoms with Crippen LogP contribution in [0.5, 0.6) is 0 Å². The second kappa shape index (κ2) is 6.83. The lowest BCUT2D eigenvalue weighted by Gasteiger charge is -2.15. The molecule has 0 radical (unpaired) electrons. The van der Waals surface area contributed by atoms with Gasteiger partial charge in [0.25, 0.3) is 5.56 Å². The molecule has 5 rings (SSSR count). The van der Waals surface area contributed by atoms with Gasteiger partial charge < -0.3 is 4.98 Å². The molecule has 1 saturated carbocycles. The SMILES string of the molecule is C[C@@H]1CN(Cc2nccs2)C[C@H]1c1nc2c(cnn2C2CCCC2)c(=O)[nH]1. The summed E-state index contributed by atoms with van der Waals surface area (Å²) in [5.41, 5.74) is 0.691. The Morgan fingerprint density at radius 3 is 2.93 bits per heavy atom. The van der Waals surface area contributed by atoms with Crippen LogP contribution in [0.2, 0.25) is 0 Å². The third kappa shape index (κ3) is 3.10. The molecular formula is C19H24N6OS. The maximum atomic E-state index is 12.7. The van der Waals surface area contributed by atoms with Crippen molar-refractivity contribution in [3.8, 4) is 0 Å². The van der Waals surface area contributed by atoms with E-state index < -0.39 is 0 Å². The fourth-order valence-electron chi connectivity index (χ4n) is 4.62. The monoisotopic (exact) mass is 384 g/mol. The average Bonchev–Trinajstić information content (AvgIpc) is 3.42. The van der Waals surface area contributed by atoms with E-state index >= 15 is 0 Å². The van der Waals surface area contributed by atoms with Gasteiger partial charge in [0.05, 0.1) is 18.8 Å². The number of hydrogen-bond donors (Lipinski definition) is 1. The second-order valence-corrected chi connectivity index (χ2v) is 8.90. The van der Waals surface area contributed by atoms with Gasteiger partial charge in [0.2, 0.25) is 0 Å². The number of likely N-dealkylation sites (tertiary alicyclic amines) is 1. The number of nitrogens with one attached hydrogen (secondary N) is 1. The van der Waals surface area contributed by atoms with Gasteiger partial charge in [-0.2, -0.15) is 5.10 Å². The van der Waals surface area contributed by atoms with Crippen LogP contribution in [0.4, 0.5) is 0 Å². The lowest BCUT2D eigenvalue weighted by molar-refractivity contribution is 0.318. The first kappa shape index (κ1) is 17.1. The number of thiazole rings is 1. The van der Waals surface area contributed by atoms with Crippen LogP contribution in [0.1, 0.15) is 55.4 Å². The molecule has 27 heavy (non-hydrogen) atoms. The van der Waals surface area contributed by atoms with Crippen molar-refractivity contribution < 1.29 is 0 Å². The Kier molecular flexibility index (Phi) is 4.32. The van der Waals surface area contributed by atoms with Crippen molar-refractivity contribution in [3.63, 3.8) is 0 Å². The number of fused-ring (bicyclic) bond motifs is 1. The molecular weight excluding hydrogens is 360 g/mol. The Morgan fingerprint density at radius 2 is 2.15 bits per heavy atom. The molecule has 2 aliphatic rings. The normalized spacial score (nSPS) is 24.3. The quantitative estimate of drug-likeness (QED) is 0.748. The highest BCUT2D eigenvalue weighted by Crippen LogP contribution is 2.33. The van der Waals surface area contributed by atoms with Gasteiger partial charge in [-0.25, -0.2) is 14.6 Å². The summed E-state index contributed by atoms with van der Waals surface area (Å²) in [5, 5.41) is 8.27. The summed E-state index contributed by atoms with van der Waals surface area (Å²) in [5.74, 6) is 1.48. The zero-order chi connectivity index (χ0) is 18.4. The van der Waals surface area contributed by atoms with Gasteiger partial charge in [0, 0.05) is 30.6 Å². The lowest BCUT2D eigenvalue weighted by Crippen LogP contribution is -2.21. The first-order valence-electron chi connectivity index (χ1n) is 9.77. The summed E-state index contributed by atoms with van der Waals surface area (Å²) < 4.78 is 1.99. The molecule has 2 atom stereocenters. The Balaban J connectivity index is 1.45. The molecule has 0 aromatic carbocycles. The predicted octanol–water partition coefficient (Wildman–Crippen LogP) is 2.93. The molecule has 4 heterocycles. The molecule has 1 aliphatic carbocycles. The molecule has 0 bridgehead atoms. The van der Waals surface area contributed by atoms with Gasteiger partial charge in [-0.3, -0.25) is 9.69 Å². The standard InChI is InChI=1S/C19H24N6OS/c1-12-9-24(11-16-20-6-7-27-16)10-15(12)17-22-18-14(19(26)23-17)8-21-25(18)13-4-2-3-5-13/h6-8,12-13,15H,2-5,9-11H2,1H3,(H,22,23,26)/t12-,15-/m1/s1. The Morgan fingerprint density at radius 1 is 1.30 bits per heavy atom. The summed E-state index contributed by atoms with van der Waals surface area (Å²) in [6.07, 6.45) is 8.25. The Labute approximate surface area is 161 Å². The molecule has 2 fully saturated rings. The van der Waals surface area contributed by atoms with E-state index in [1.165, 1.54) is 12.8 Å². The number of hydrogen-bond acceptors (Lipinski definition) is 6. The van der Waals surface area contributed by atoms with Crippen LogP contribution in [0.3, 0.4) is 0 Å². The first-order valence-corrected chi connectivity index (χ1v) is 10.6. The van der Waals surface area contributed by atoms with Crippen LogP contribution in [-0.4, -0.2) is 42.7 Å². The van der Waals surface area contributed by atoms with E-state index in [0.717, 1.165) is 49.0 Å². The highest BCUT2D eigenvalue weighted by molar-refractivity contribution is 7.09. The van der Waals surface area contributed by atoms with E-state index in [2.05, 4.69) is 26.9 Å². The number of H-pyrrole nitrogens is 1. The molecule has 7 nitrogen and oxygen atoms in total. The largest absolute Gasteiger partial charge is 0.310 e. The van der Waals surface area contributed by atoms with Crippen LogP contribution in [0.25, 0.3) is 11.0 Å².